The number of aliphatic carboxylic acids is 1. The van der Waals surface area contributed by atoms with E-state index in [9.17, 15) is 34.9 Å². The van der Waals surface area contributed by atoms with E-state index >= 15 is 0 Å². The molecule has 0 unspecified atom stereocenters. The molecule has 2 N–H and O–H groups in total. The van der Waals surface area contributed by atoms with Gasteiger partial charge in [0.1, 0.15) is 6.04 Å². The molecular weight excluding hydrogens is 358 g/mol. The highest BCUT2D eigenvalue weighted by molar-refractivity contribution is 5.85. The normalized spacial score (nSPS) is 11.4. The van der Waals surface area contributed by atoms with E-state index in [1.807, 2.05) is 0 Å². The largest absolute Gasteiger partial charge is 0.480 e. The number of nitrogens with zero attached hydrogens (tertiary/aromatic N) is 2. The minimum atomic E-state index is -1.26. The summed E-state index contributed by atoms with van der Waals surface area (Å²) in [6.45, 7) is 0. The van der Waals surface area contributed by atoms with Crippen molar-refractivity contribution < 1.29 is 24.5 Å². The lowest BCUT2D eigenvalue weighted by atomic mass is 10.0. The Morgan fingerprint density at radius 3 is 2.15 bits per heavy atom. The Kier molecular flexibility index (Phi) is 6.15. The average Bonchev–Trinajstić information content (AvgIpc) is 2.61. The fourth-order valence-electron chi connectivity index (χ4n) is 2.40. The van der Waals surface area contributed by atoms with Gasteiger partial charge >= 0.3 is 5.97 Å². The summed E-state index contributed by atoms with van der Waals surface area (Å²) in [5, 5.41) is 33.1. The number of hydrogen-bond acceptors (Lipinski definition) is 6. The van der Waals surface area contributed by atoms with Gasteiger partial charge in [0, 0.05) is 30.7 Å². The van der Waals surface area contributed by atoms with Crippen LogP contribution in [0.1, 0.15) is 11.1 Å². The maximum absolute atomic E-state index is 12.1. The summed E-state index contributed by atoms with van der Waals surface area (Å²) in [5.41, 5.74) is 0.589. The second-order valence-corrected chi connectivity index (χ2v) is 5.69. The molecule has 0 spiro atoms. The number of non-ortho nitro benzene ring substituents is 2. The zero-order chi connectivity index (χ0) is 20.0. The van der Waals surface area contributed by atoms with E-state index in [-0.39, 0.29) is 24.2 Å². The fraction of sp³-hybridized carbons (Fsp3) is 0.176. The Morgan fingerprint density at radius 2 is 1.59 bits per heavy atom. The van der Waals surface area contributed by atoms with Gasteiger partial charge in [0.2, 0.25) is 5.91 Å². The van der Waals surface area contributed by atoms with Gasteiger partial charge in [0.25, 0.3) is 11.4 Å². The lowest BCUT2D eigenvalue weighted by Crippen LogP contribution is -2.43. The second-order valence-electron chi connectivity index (χ2n) is 5.69. The molecule has 0 saturated carbocycles. The first-order chi connectivity index (χ1) is 12.8. The van der Waals surface area contributed by atoms with Gasteiger partial charge in [-0.15, -0.1) is 0 Å². The third kappa shape index (κ3) is 5.59. The van der Waals surface area contributed by atoms with E-state index < -0.39 is 27.8 Å². The maximum atomic E-state index is 12.1. The van der Waals surface area contributed by atoms with Gasteiger partial charge in [0.05, 0.1) is 16.3 Å². The van der Waals surface area contributed by atoms with Crippen LogP contribution in [0.15, 0.2) is 48.5 Å². The molecule has 0 radical (unpaired) electrons. The van der Waals surface area contributed by atoms with Crippen LogP contribution < -0.4 is 5.32 Å². The maximum Gasteiger partial charge on any atom is 0.326 e. The van der Waals surface area contributed by atoms with Gasteiger partial charge in [-0.1, -0.05) is 24.3 Å². The third-order valence-corrected chi connectivity index (χ3v) is 3.71. The van der Waals surface area contributed by atoms with Gasteiger partial charge < -0.3 is 10.4 Å². The van der Waals surface area contributed by atoms with E-state index in [0.717, 1.165) is 0 Å². The van der Waals surface area contributed by atoms with Crippen LogP contribution in [0.25, 0.3) is 0 Å². The number of rotatable bonds is 8. The highest BCUT2D eigenvalue weighted by Gasteiger charge is 2.21. The number of hydrogen-bond donors (Lipinski definition) is 2. The Labute approximate surface area is 152 Å². The molecule has 0 fully saturated rings. The number of amides is 1. The van der Waals surface area contributed by atoms with Crippen molar-refractivity contribution in [1.29, 1.82) is 0 Å². The molecule has 1 amide bonds. The van der Waals surface area contributed by atoms with Crippen molar-refractivity contribution in [3.63, 3.8) is 0 Å². The van der Waals surface area contributed by atoms with Gasteiger partial charge in [-0.05, 0) is 11.1 Å². The predicted octanol–water partition coefficient (Wildman–Crippen LogP) is 1.86. The summed E-state index contributed by atoms with van der Waals surface area (Å²) in [7, 11) is 0. The zero-order valence-corrected chi connectivity index (χ0v) is 13.9. The number of nitro groups is 2. The van der Waals surface area contributed by atoms with Gasteiger partial charge in [-0.2, -0.15) is 0 Å². The molecule has 27 heavy (non-hydrogen) atoms. The van der Waals surface area contributed by atoms with Crippen molar-refractivity contribution >= 4 is 23.3 Å². The van der Waals surface area contributed by atoms with E-state index in [4.69, 9.17) is 0 Å². The SMILES string of the molecule is O=C(Cc1cccc([N+](=O)[O-])c1)N[C@@H](Cc1ccc([N+](=O)[O-])cc1)C(=O)O. The van der Waals surface area contributed by atoms with Crippen LogP contribution >= 0.6 is 0 Å². The lowest BCUT2D eigenvalue weighted by molar-refractivity contribution is -0.385. The molecule has 2 rings (SSSR count). The summed E-state index contributed by atoms with van der Waals surface area (Å²) in [6.07, 6.45) is -0.278. The molecule has 1 atom stereocenters. The Balaban J connectivity index is 2.03. The van der Waals surface area contributed by atoms with Crippen molar-refractivity contribution in [2.75, 3.05) is 0 Å². The highest BCUT2D eigenvalue weighted by Crippen LogP contribution is 2.15. The van der Waals surface area contributed by atoms with Crippen LogP contribution in [-0.2, 0) is 22.4 Å². The van der Waals surface area contributed by atoms with Gasteiger partial charge in [-0.3, -0.25) is 25.0 Å². The molecule has 2 aromatic carbocycles. The molecule has 10 nitrogen and oxygen atoms in total. The zero-order valence-electron chi connectivity index (χ0n) is 13.9. The minimum Gasteiger partial charge on any atom is -0.480 e. The average molecular weight is 373 g/mol. The molecule has 0 bridgehead atoms. The first kappa shape index (κ1) is 19.5. The summed E-state index contributed by atoms with van der Waals surface area (Å²) in [5.74, 6) is -1.87. The quantitative estimate of drug-likeness (QED) is 0.529. The van der Waals surface area contributed by atoms with Crippen LogP contribution in [0.5, 0.6) is 0 Å². The van der Waals surface area contributed by atoms with E-state index in [1.54, 1.807) is 0 Å². The van der Waals surface area contributed by atoms with E-state index in [2.05, 4.69) is 5.32 Å². The number of nitro benzene ring substituents is 2. The van der Waals surface area contributed by atoms with E-state index in [1.165, 1.54) is 48.5 Å². The van der Waals surface area contributed by atoms with Crippen LogP contribution in [0.2, 0.25) is 0 Å². The molecule has 0 aliphatic rings. The summed E-state index contributed by atoms with van der Waals surface area (Å²) < 4.78 is 0. The summed E-state index contributed by atoms with van der Waals surface area (Å²) in [6, 6.07) is 9.59. The predicted molar refractivity (Wildman–Crippen MR) is 93.2 cm³/mol. The van der Waals surface area contributed by atoms with Gasteiger partial charge in [-0.25, -0.2) is 4.79 Å². The standard InChI is InChI=1S/C17H15N3O7/c21-16(10-12-2-1-3-14(8-12)20(26)27)18-15(17(22)23)9-11-4-6-13(7-5-11)19(24)25/h1-8,15H,9-10H2,(H,18,21)(H,22,23)/t15-/m0/s1. The summed E-state index contributed by atoms with van der Waals surface area (Å²) >= 11 is 0. The molecule has 0 saturated heterocycles. The Morgan fingerprint density at radius 1 is 0.963 bits per heavy atom. The monoisotopic (exact) mass is 373 g/mol. The Hall–Kier alpha value is -3.82. The number of carbonyl (C=O) groups is 2. The number of carboxylic acid groups (broad SMARTS) is 1. The minimum absolute atomic E-state index is 0.0615. The van der Waals surface area contributed by atoms with Crippen LogP contribution in [0.3, 0.4) is 0 Å². The first-order valence-electron chi connectivity index (χ1n) is 7.75. The van der Waals surface area contributed by atoms with Crippen molar-refractivity contribution in [3.8, 4) is 0 Å². The second kappa shape index (κ2) is 8.52. The first-order valence-corrected chi connectivity index (χ1v) is 7.75. The van der Waals surface area contributed by atoms with Crippen molar-refractivity contribution in [2.45, 2.75) is 18.9 Å². The number of benzene rings is 2. The molecule has 10 heteroatoms. The molecule has 2 aromatic rings. The molecule has 0 aliphatic carbocycles. The van der Waals surface area contributed by atoms with Gasteiger partial charge in [0.15, 0.2) is 0 Å². The van der Waals surface area contributed by atoms with Crippen LogP contribution in [-0.4, -0.2) is 32.9 Å². The molecular formula is C17H15N3O7. The fourth-order valence-corrected chi connectivity index (χ4v) is 2.40. The topological polar surface area (TPSA) is 153 Å². The summed E-state index contributed by atoms with van der Waals surface area (Å²) in [4.78, 5) is 43.7. The van der Waals surface area contributed by atoms with E-state index in [0.29, 0.717) is 11.1 Å². The Bertz CT molecular complexity index is 880. The molecule has 0 heterocycles. The van der Waals surface area contributed by atoms with Crippen molar-refractivity contribution in [3.05, 3.63) is 79.9 Å². The number of carbonyl (C=O) groups excluding carboxylic acids is 1. The van der Waals surface area contributed by atoms with Crippen LogP contribution in [0.4, 0.5) is 11.4 Å². The number of nitrogens with one attached hydrogen (secondary N) is 1. The lowest BCUT2D eigenvalue weighted by Gasteiger charge is -2.14. The molecule has 0 aromatic heterocycles. The smallest absolute Gasteiger partial charge is 0.326 e. The molecule has 0 aliphatic heterocycles. The van der Waals surface area contributed by atoms with Crippen molar-refractivity contribution in [1.82, 2.24) is 5.32 Å². The third-order valence-electron chi connectivity index (χ3n) is 3.71. The highest BCUT2D eigenvalue weighted by atomic mass is 16.6. The molecule has 140 valence electrons. The number of carboxylic acids is 1. The van der Waals surface area contributed by atoms with Crippen molar-refractivity contribution in [2.24, 2.45) is 0 Å². The van der Waals surface area contributed by atoms with Crippen LogP contribution in [0, 0.1) is 20.2 Å².